The van der Waals surface area contributed by atoms with Gasteiger partial charge >= 0.3 is 5.97 Å². The van der Waals surface area contributed by atoms with Crippen LogP contribution >= 0.6 is 0 Å². The number of hydrogen-bond donors (Lipinski definition) is 0. The third-order valence-corrected chi connectivity index (χ3v) is 2.51. The molecule has 0 amide bonds. The average Bonchev–Trinajstić information content (AvgIpc) is 2.27. The monoisotopic (exact) mass is 236 g/mol. The summed E-state index contributed by atoms with van der Waals surface area (Å²) in [7, 11) is 0. The lowest BCUT2D eigenvalue weighted by Gasteiger charge is -2.08. The summed E-state index contributed by atoms with van der Waals surface area (Å²) < 4.78 is 10.3. The molecule has 0 aliphatic carbocycles. The van der Waals surface area contributed by atoms with Crippen molar-refractivity contribution < 1.29 is 14.3 Å². The van der Waals surface area contributed by atoms with Crippen molar-refractivity contribution in [2.24, 2.45) is 0 Å². The quantitative estimate of drug-likeness (QED) is 0.563. The Morgan fingerprint density at radius 1 is 1.29 bits per heavy atom. The van der Waals surface area contributed by atoms with Crippen LogP contribution in [0.3, 0.4) is 0 Å². The lowest BCUT2D eigenvalue weighted by atomic mass is 10.1. The van der Waals surface area contributed by atoms with E-state index in [0.717, 1.165) is 0 Å². The average molecular weight is 236 g/mol. The van der Waals surface area contributed by atoms with E-state index in [2.05, 4.69) is 32.0 Å². The number of hydrogen-bond acceptors (Lipinski definition) is 3. The zero-order valence-corrected chi connectivity index (χ0v) is 10.8. The zero-order valence-electron chi connectivity index (χ0n) is 10.8. The molecule has 17 heavy (non-hydrogen) atoms. The second-order valence-electron chi connectivity index (χ2n) is 4.04. The summed E-state index contributed by atoms with van der Waals surface area (Å²) in [4.78, 5) is 11.1. The summed E-state index contributed by atoms with van der Waals surface area (Å²) in [5.41, 5.74) is 3.64. The number of esters is 1. The molecule has 3 nitrogen and oxygen atoms in total. The minimum Gasteiger partial charge on any atom is -0.466 e. The molecule has 0 aliphatic heterocycles. The van der Waals surface area contributed by atoms with Crippen LogP contribution in [0.25, 0.3) is 0 Å². The van der Waals surface area contributed by atoms with Crippen molar-refractivity contribution in [2.75, 3.05) is 13.2 Å². The molecular weight excluding hydrogens is 216 g/mol. The molecule has 0 aliphatic rings. The fourth-order valence-corrected chi connectivity index (χ4v) is 1.58. The van der Waals surface area contributed by atoms with Gasteiger partial charge in [-0.05, 0) is 31.9 Å². The van der Waals surface area contributed by atoms with Crippen molar-refractivity contribution in [3.8, 4) is 0 Å². The molecule has 1 aromatic rings. The van der Waals surface area contributed by atoms with Gasteiger partial charge in [-0.25, -0.2) is 0 Å². The molecule has 0 saturated heterocycles. The van der Waals surface area contributed by atoms with Gasteiger partial charge in [0.15, 0.2) is 0 Å². The van der Waals surface area contributed by atoms with Gasteiger partial charge < -0.3 is 9.47 Å². The molecular formula is C14H20O3. The summed E-state index contributed by atoms with van der Waals surface area (Å²) in [5.74, 6) is -0.201. The maximum Gasteiger partial charge on any atom is 0.308 e. The highest BCUT2D eigenvalue weighted by Gasteiger charge is 2.02. The van der Waals surface area contributed by atoms with Crippen LogP contribution in [0.5, 0.6) is 0 Å². The molecule has 0 heterocycles. The SMILES string of the molecule is CCOC(=O)CCOCc1ccc(C)cc1C. The van der Waals surface area contributed by atoms with Crippen LogP contribution in [0.2, 0.25) is 0 Å². The molecule has 3 heteroatoms. The van der Waals surface area contributed by atoms with E-state index in [1.807, 2.05) is 0 Å². The van der Waals surface area contributed by atoms with E-state index in [1.54, 1.807) is 6.92 Å². The number of rotatable bonds is 6. The normalized spacial score (nSPS) is 10.3. The van der Waals surface area contributed by atoms with E-state index >= 15 is 0 Å². The Labute approximate surface area is 103 Å². The van der Waals surface area contributed by atoms with Gasteiger partial charge in [0.25, 0.3) is 0 Å². The topological polar surface area (TPSA) is 35.5 Å². The van der Waals surface area contributed by atoms with Gasteiger partial charge in [0, 0.05) is 0 Å². The number of carbonyl (C=O) groups excluding carboxylic acids is 1. The maximum absolute atomic E-state index is 11.1. The van der Waals surface area contributed by atoms with Crippen LogP contribution in [0, 0.1) is 13.8 Å². The number of aryl methyl sites for hydroxylation is 2. The van der Waals surface area contributed by atoms with Crippen LogP contribution in [-0.4, -0.2) is 19.2 Å². The summed E-state index contributed by atoms with van der Waals surface area (Å²) in [6, 6.07) is 6.26. The Morgan fingerprint density at radius 2 is 2.06 bits per heavy atom. The molecule has 0 fully saturated rings. The molecule has 0 bridgehead atoms. The van der Waals surface area contributed by atoms with E-state index in [0.29, 0.717) is 26.2 Å². The smallest absolute Gasteiger partial charge is 0.308 e. The van der Waals surface area contributed by atoms with E-state index in [4.69, 9.17) is 9.47 Å². The molecule has 0 saturated carbocycles. The van der Waals surface area contributed by atoms with Crippen molar-refractivity contribution in [3.63, 3.8) is 0 Å². The molecule has 0 radical (unpaired) electrons. The number of carbonyl (C=O) groups is 1. The first-order chi connectivity index (χ1) is 8.13. The fourth-order valence-electron chi connectivity index (χ4n) is 1.58. The molecule has 1 rings (SSSR count). The van der Waals surface area contributed by atoms with Gasteiger partial charge in [0.2, 0.25) is 0 Å². The Kier molecular flexibility index (Phi) is 5.70. The predicted octanol–water partition coefficient (Wildman–Crippen LogP) is 2.77. The summed E-state index contributed by atoms with van der Waals surface area (Å²) >= 11 is 0. The van der Waals surface area contributed by atoms with Gasteiger partial charge in [-0.3, -0.25) is 4.79 Å². The molecule has 1 aromatic carbocycles. The Morgan fingerprint density at radius 3 is 2.71 bits per heavy atom. The van der Waals surface area contributed by atoms with Gasteiger partial charge in [-0.2, -0.15) is 0 Å². The fraction of sp³-hybridized carbons (Fsp3) is 0.500. The molecule has 0 N–H and O–H groups in total. The molecule has 94 valence electrons. The lowest BCUT2D eigenvalue weighted by Crippen LogP contribution is -2.08. The summed E-state index contributed by atoms with van der Waals surface area (Å²) in [5, 5.41) is 0. The van der Waals surface area contributed by atoms with E-state index in [9.17, 15) is 4.79 Å². The second kappa shape index (κ2) is 7.07. The summed E-state index contributed by atoms with van der Waals surface area (Å²) in [6.07, 6.45) is 0.318. The zero-order chi connectivity index (χ0) is 12.7. The van der Waals surface area contributed by atoms with Gasteiger partial charge in [-0.15, -0.1) is 0 Å². The summed E-state index contributed by atoms with van der Waals surface area (Å²) in [6.45, 7) is 7.32. The first kappa shape index (κ1) is 13.7. The van der Waals surface area contributed by atoms with Crippen LogP contribution < -0.4 is 0 Å². The standard InChI is InChI=1S/C14H20O3/c1-4-17-14(15)7-8-16-10-13-6-5-11(2)9-12(13)3/h5-6,9H,4,7-8,10H2,1-3H3. The molecule has 0 atom stereocenters. The number of benzene rings is 1. The first-order valence-electron chi connectivity index (χ1n) is 5.93. The minimum atomic E-state index is -0.201. The van der Waals surface area contributed by atoms with Gasteiger partial charge in [0.05, 0.1) is 26.2 Å². The third kappa shape index (κ3) is 5.00. The highest BCUT2D eigenvalue weighted by atomic mass is 16.5. The van der Waals surface area contributed by atoms with Gasteiger partial charge in [-0.1, -0.05) is 23.8 Å². The van der Waals surface area contributed by atoms with Crippen molar-refractivity contribution in [1.29, 1.82) is 0 Å². The molecule has 0 spiro atoms. The van der Waals surface area contributed by atoms with E-state index in [1.165, 1.54) is 16.7 Å². The Balaban J connectivity index is 2.29. The van der Waals surface area contributed by atoms with Crippen molar-refractivity contribution in [3.05, 3.63) is 34.9 Å². The first-order valence-corrected chi connectivity index (χ1v) is 5.93. The van der Waals surface area contributed by atoms with Crippen LogP contribution in [-0.2, 0) is 20.9 Å². The van der Waals surface area contributed by atoms with Gasteiger partial charge in [0.1, 0.15) is 0 Å². The van der Waals surface area contributed by atoms with E-state index in [-0.39, 0.29) is 5.97 Å². The highest BCUT2D eigenvalue weighted by Crippen LogP contribution is 2.11. The van der Waals surface area contributed by atoms with Crippen molar-refractivity contribution >= 4 is 5.97 Å². The van der Waals surface area contributed by atoms with Crippen LogP contribution in [0.4, 0.5) is 0 Å². The maximum atomic E-state index is 11.1. The third-order valence-electron chi connectivity index (χ3n) is 2.51. The molecule has 0 aromatic heterocycles. The number of ether oxygens (including phenoxy) is 2. The largest absolute Gasteiger partial charge is 0.466 e. The Hall–Kier alpha value is -1.35. The second-order valence-corrected chi connectivity index (χ2v) is 4.04. The minimum absolute atomic E-state index is 0.201. The Bertz CT molecular complexity index is 372. The van der Waals surface area contributed by atoms with Crippen molar-refractivity contribution in [1.82, 2.24) is 0 Å². The van der Waals surface area contributed by atoms with E-state index < -0.39 is 0 Å². The highest BCUT2D eigenvalue weighted by molar-refractivity contribution is 5.69. The van der Waals surface area contributed by atoms with Crippen molar-refractivity contribution in [2.45, 2.75) is 33.8 Å². The lowest BCUT2D eigenvalue weighted by molar-refractivity contribution is -0.144. The molecule has 0 unspecified atom stereocenters. The predicted molar refractivity (Wildman–Crippen MR) is 66.8 cm³/mol. The van der Waals surface area contributed by atoms with Crippen LogP contribution in [0.15, 0.2) is 18.2 Å². The van der Waals surface area contributed by atoms with Crippen LogP contribution in [0.1, 0.15) is 30.0 Å².